The van der Waals surface area contributed by atoms with Crippen LogP contribution >= 0.6 is 23.4 Å². The molecule has 1 aromatic heterocycles. The molecule has 6 nitrogen and oxygen atoms in total. The van der Waals surface area contributed by atoms with Gasteiger partial charge in [-0.25, -0.2) is 4.68 Å². The van der Waals surface area contributed by atoms with Gasteiger partial charge in [-0.15, -0.1) is 0 Å². The van der Waals surface area contributed by atoms with E-state index in [0.29, 0.717) is 22.3 Å². The van der Waals surface area contributed by atoms with Crippen LogP contribution in [0, 0.1) is 0 Å². The van der Waals surface area contributed by atoms with Crippen LogP contribution in [0.25, 0.3) is 23.0 Å². The number of carbonyl (C=O) groups is 1. The number of amidine groups is 1. The largest absolute Gasteiger partial charge is 0.492 e. The minimum atomic E-state index is -0.198. The van der Waals surface area contributed by atoms with Crippen LogP contribution in [0.2, 0.25) is 5.02 Å². The summed E-state index contributed by atoms with van der Waals surface area (Å²) in [5.41, 5.74) is 3.37. The van der Waals surface area contributed by atoms with Crippen LogP contribution in [0.15, 0.2) is 64.6 Å². The summed E-state index contributed by atoms with van der Waals surface area (Å²) in [5, 5.41) is 6.22. The SMILES string of the molecule is CCCCOc1ccc(-c2nn(-c3ccccc3)cc2/C=C2\SC(N3CCCCC3)=NC2=O)cc1Cl. The molecular weight excluding hydrogens is 492 g/mol. The highest BCUT2D eigenvalue weighted by Gasteiger charge is 2.27. The lowest BCUT2D eigenvalue weighted by Gasteiger charge is -2.27. The van der Waals surface area contributed by atoms with E-state index >= 15 is 0 Å². The fraction of sp³-hybridized carbons (Fsp3) is 0.321. The zero-order valence-electron chi connectivity index (χ0n) is 20.3. The molecule has 0 atom stereocenters. The number of benzene rings is 2. The number of amides is 1. The maximum atomic E-state index is 12.8. The minimum Gasteiger partial charge on any atom is -0.492 e. The lowest BCUT2D eigenvalue weighted by molar-refractivity contribution is -0.113. The van der Waals surface area contributed by atoms with Gasteiger partial charge in [-0.05, 0) is 73.9 Å². The number of rotatable bonds is 7. The highest BCUT2D eigenvalue weighted by molar-refractivity contribution is 8.18. The molecule has 3 aromatic rings. The number of thioether (sulfide) groups is 1. The van der Waals surface area contributed by atoms with E-state index in [4.69, 9.17) is 21.4 Å². The fourth-order valence-electron chi connectivity index (χ4n) is 4.28. The molecular formula is C28H29ClN4O2S. The van der Waals surface area contributed by atoms with E-state index in [1.165, 1.54) is 18.2 Å². The number of hydrogen-bond acceptors (Lipinski definition) is 5. The fourth-order valence-corrected chi connectivity index (χ4v) is 5.47. The Kier molecular flexibility index (Phi) is 7.78. The van der Waals surface area contributed by atoms with Gasteiger partial charge in [-0.3, -0.25) is 4.79 Å². The number of carbonyl (C=O) groups excluding carboxylic acids is 1. The molecule has 5 rings (SSSR count). The number of ether oxygens (including phenoxy) is 1. The van der Waals surface area contributed by atoms with Crippen LogP contribution in [0.5, 0.6) is 5.75 Å². The smallest absolute Gasteiger partial charge is 0.286 e. The van der Waals surface area contributed by atoms with Crippen LogP contribution in [0.1, 0.15) is 44.6 Å². The molecule has 36 heavy (non-hydrogen) atoms. The number of piperidine rings is 1. The average molecular weight is 521 g/mol. The van der Waals surface area contributed by atoms with Crippen molar-refractivity contribution < 1.29 is 9.53 Å². The van der Waals surface area contributed by atoms with E-state index in [9.17, 15) is 4.79 Å². The molecule has 1 fully saturated rings. The lowest BCUT2D eigenvalue weighted by atomic mass is 10.1. The molecule has 8 heteroatoms. The van der Waals surface area contributed by atoms with Crippen molar-refractivity contribution in [2.45, 2.75) is 39.0 Å². The molecule has 1 amide bonds. The highest BCUT2D eigenvalue weighted by atomic mass is 35.5. The van der Waals surface area contributed by atoms with Gasteiger partial charge < -0.3 is 9.64 Å². The Morgan fingerprint density at radius 2 is 1.92 bits per heavy atom. The van der Waals surface area contributed by atoms with Crippen LogP contribution in [-0.4, -0.2) is 45.5 Å². The van der Waals surface area contributed by atoms with Crippen LogP contribution < -0.4 is 4.74 Å². The van der Waals surface area contributed by atoms with Crippen molar-refractivity contribution in [1.82, 2.24) is 14.7 Å². The van der Waals surface area contributed by atoms with Crippen molar-refractivity contribution in [3.8, 4) is 22.7 Å². The summed E-state index contributed by atoms with van der Waals surface area (Å²) < 4.78 is 7.66. The molecule has 0 N–H and O–H groups in total. The Morgan fingerprint density at radius 3 is 2.67 bits per heavy atom. The first-order valence-electron chi connectivity index (χ1n) is 12.5. The van der Waals surface area contributed by atoms with Gasteiger partial charge in [0.2, 0.25) is 0 Å². The zero-order chi connectivity index (χ0) is 24.9. The molecule has 0 aliphatic carbocycles. The van der Waals surface area contributed by atoms with E-state index in [-0.39, 0.29) is 5.91 Å². The number of unbranched alkanes of at least 4 members (excludes halogenated alkanes) is 1. The Labute approximate surface area is 221 Å². The predicted octanol–water partition coefficient (Wildman–Crippen LogP) is 6.83. The lowest BCUT2D eigenvalue weighted by Crippen LogP contribution is -2.33. The normalized spacial score (nSPS) is 17.1. The van der Waals surface area contributed by atoms with E-state index in [0.717, 1.165) is 66.4 Å². The summed E-state index contributed by atoms with van der Waals surface area (Å²) in [6, 6.07) is 15.6. The number of hydrogen-bond donors (Lipinski definition) is 0. The molecule has 0 unspecified atom stereocenters. The topological polar surface area (TPSA) is 59.7 Å². The van der Waals surface area contributed by atoms with Crippen molar-refractivity contribution in [3.63, 3.8) is 0 Å². The van der Waals surface area contributed by atoms with Crippen LogP contribution in [-0.2, 0) is 4.79 Å². The van der Waals surface area contributed by atoms with Gasteiger partial charge in [0.1, 0.15) is 11.4 Å². The van der Waals surface area contributed by atoms with Gasteiger partial charge in [-0.1, -0.05) is 43.1 Å². The second-order valence-electron chi connectivity index (χ2n) is 8.92. The van der Waals surface area contributed by atoms with Crippen LogP contribution in [0.4, 0.5) is 0 Å². The Balaban J connectivity index is 1.48. The van der Waals surface area contributed by atoms with Crippen molar-refractivity contribution >= 4 is 40.5 Å². The summed E-state index contributed by atoms with van der Waals surface area (Å²) in [7, 11) is 0. The number of nitrogens with zero attached hydrogens (tertiary/aromatic N) is 4. The van der Waals surface area contributed by atoms with Gasteiger partial charge in [0.15, 0.2) is 5.17 Å². The molecule has 0 saturated carbocycles. The summed E-state index contributed by atoms with van der Waals surface area (Å²) in [6.45, 7) is 4.67. The first-order valence-corrected chi connectivity index (χ1v) is 13.7. The summed E-state index contributed by atoms with van der Waals surface area (Å²) in [5.74, 6) is 0.467. The Hall–Kier alpha value is -3.03. The summed E-state index contributed by atoms with van der Waals surface area (Å²) in [4.78, 5) is 20.0. The van der Waals surface area contributed by atoms with E-state index in [1.54, 1.807) is 0 Å². The number of aromatic nitrogens is 2. The minimum absolute atomic E-state index is 0.198. The van der Waals surface area contributed by atoms with Gasteiger partial charge in [0, 0.05) is 30.4 Å². The zero-order valence-corrected chi connectivity index (χ0v) is 21.9. The van der Waals surface area contributed by atoms with Gasteiger partial charge in [-0.2, -0.15) is 10.1 Å². The van der Waals surface area contributed by atoms with Crippen molar-refractivity contribution in [1.29, 1.82) is 0 Å². The van der Waals surface area contributed by atoms with E-state index < -0.39 is 0 Å². The molecule has 1 saturated heterocycles. The third kappa shape index (κ3) is 5.52. The van der Waals surface area contributed by atoms with Gasteiger partial charge in [0.25, 0.3) is 5.91 Å². The third-order valence-corrected chi connectivity index (χ3v) is 7.59. The third-order valence-electron chi connectivity index (χ3n) is 6.25. The molecule has 0 spiro atoms. The predicted molar refractivity (Wildman–Crippen MR) is 148 cm³/mol. The van der Waals surface area contributed by atoms with Crippen molar-refractivity contribution in [2.75, 3.05) is 19.7 Å². The number of likely N-dealkylation sites (tertiary alicyclic amines) is 1. The van der Waals surface area contributed by atoms with E-state index in [2.05, 4.69) is 16.8 Å². The molecule has 186 valence electrons. The first-order chi connectivity index (χ1) is 17.6. The quantitative estimate of drug-likeness (QED) is 0.252. The number of para-hydroxylation sites is 1. The molecule has 0 radical (unpaired) electrons. The second kappa shape index (κ2) is 11.4. The standard InChI is InChI=1S/C28H29ClN4O2S/c1-2-3-16-35-24-13-12-20(17-23(24)29)26-21(19-33(31-26)22-10-6-4-7-11-22)18-25-27(34)30-28(36-25)32-14-8-5-9-15-32/h4,6-7,10-13,17-19H,2-3,5,8-9,14-16H2,1H3/b25-18-. The molecule has 2 aromatic carbocycles. The molecule has 0 bridgehead atoms. The highest BCUT2D eigenvalue weighted by Crippen LogP contribution is 2.36. The maximum absolute atomic E-state index is 12.8. The summed E-state index contributed by atoms with van der Waals surface area (Å²) in [6.07, 6.45) is 9.39. The Morgan fingerprint density at radius 1 is 1.11 bits per heavy atom. The number of aliphatic imine (C=N–C) groups is 1. The van der Waals surface area contributed by atoms with Gasteiger partial charge >= 0.3 is 0 Å². The first kappa shape index (κ1) is 24.7. The molecule has 2 aliphatic heterocycles. The maximum Gasteiger partial charge on any atom is 0.286 e. The van der Waals surface area contributed by atoms with Crippen molar-refractivity contribution in [2.24, 2.45) is 4.99 Å². The monoisotopic (exact) mass is 520 g/mol. The van der Waals surface area contributed by atoms with Crippen molar-refractivity contribution in [3.05, 3.63) is 70.2 Å². The van der Waals surface area contributed by atoms with Gasteiger partial charge in [0.05, 0.1) is 22.2 Å². The average Bonchev–Trinajstić information content (AvgIpc) is 3.50. The van der Waals surface area contributed by atoms with Crippen LogP contribution in [0.3, 0.4) is 0 Å². The Bertz CT molecular complexity index is 1300. The number of halogens is 1. The molecule has 2 aliphatic rings. The van der Waals surface area contributed by atoms with E-state index in [1.807, 2.05) is 65.5 Å². The second-order valence-corrected chi connectivity index (χ2v) is 10.3. The summed E-state index contributed by atoms with van der Waals surface area (Å²) >= 11 is 8.03. The molecule has 3 heterocycles.